The topological polar surface area (TPSA) is 13.1 Å². The maximum absolute atomic E-state index is 6.09. The van der Waals surface area contributed by atoms with Crippen molar-refractivity contribution in [2.45, 2.75) is 19.3 Å². The Balaban J connectivity index is 1.37. The molecule has 32 heavy (non-hydrogen) atoms. The summed E-state index contributed by atoms with van der Waals surface area (Å²) >= 11 is 7.16. The summed E-state index contributed by atoms with van der Waals surface area (Å²) in [5.74, 6) is 0. The summed E-state index contributed by atoms with van der Waals surface area (Å²) < 4.78 is 8.25. The van der Waals surface area contributed by atoms with Gasteiger partial charge in [-0.1, -0.05) is 88.2 Å². The summed E-state index contributed by atoms with van der Waals surface area (Å²) in [5, 5.41) is 2.29. The van der Waals surface area contributed by atoms with Crippen LogP contribution in [-0.4, -0.2) is 0 Å². The van der Waals surface area contributed by atoms with Crippen molar-refractivity contribution in [3.05, 3.63) is 104 Å². The van der Waals surface area contributed by atoms with Gasteiger partial charge >= 0.3 is 0 Å². The Kier molecular flexibility index (Phi) is 4.50. The molecule has 1 aromatic heterocycles. The van der Waals surface area contributed by atoms with Crippen LogP contribution in [-0.2, 0) is 5.41 Å². The zero-order valence-electron chi connectivity index (χ0n) is 17.7. The molecule has 0 unspecified atom stereocenters. The number of hydrogen-bond acceptors (Lipinski definition) is 1. The van der Waals surface area contributed by atoms with Gasteiger partial charge in [0, 0.05) is 25.1 Å². The Hall–Kier alpha value is -2.62. The van der Waals surface area contributed by atoms with E-state index in [1.54, 1.807) is 0 Å². The lowest BCUT2D eigenvalue weighted by molar-refractivity contribution is 0.660. The second-order valence-corrected chi connectivity index (χ2v) is 10.8. The third-order valence-electron chi connectivity index (χ3n) is 6.59. The molecular formula is C29H20Br2O. The van der Waals surface area contributed by atoms with E-state index < -0.39 is 0 Å². The SMILES string of the molecule is CC1(C)c2cc(Br)ccc2-c2ccc(C=Cc3ccc4c(c3)oc3cc(Br)ccc34)cc21. The van der Waals surface area contributed by atoms with Crippen LogP contribution < -0.4 is 0 Å². The zero-order valence-corrected chi connectivity index (χ0v) is 20.9. The summed E-state index contributed by atoms with van der Waals surface area (Å²) in [6.45, 7) is 4.62. The molecule has 1 aliphatic carbocycles. The fourth-order valence-corrected chi connectivity index (χ4v) is 5.60. The van der Waals surface area contributed by atoms with Crippen LogP contribution in [0.15, 0.2) is 86.2 Å². The van der Waals surface area contributed by atoms with Gasteiger partial charge in [0.25, 0.3) is 0 Å². The second kappa shape index (κ2) is 7.19. The van der Waals surface area contributed by atoms with Crippen LogP contribution >= 0.6 is 31.9 Å². The zero-order chi connectivity index (χ0) is 22.0. The van der Waals surface area contributed by atoms with E-state index in [0.717, 1.165) is 36.4 Å². The molecule has 5 aromatic rings. The number of halogens is 2. The van der Waals surface area contributed by atoms with Crippen LogP contribution in [0.3, 0.4) is 0 Å². The van der Waals surface area contributed by atoms with Crippen molar-refractivity contribution in [3.63, 3.8) is 0 Å². The van der Waals surface area contributed by atoms with Gasteiger partial charge in [0.1, 0.15) is 11.2 Å². The molecular weight excluding hydrogens is 524 g/mol. The average molecular weight is 544 g/mol. The van der Waals surface area contributed by atoms with Crippen LogP contribution in [0.4, 0.5) is 0 Å². The van der Waals surface area contributed by atoms with Crippen molar-refractivity contribution in [2.75, 3.05) is 0 Å². The maximum Gasteiger partial charge on any atom is 0.136 e. The van der Waals surface area contributed by atoms with Crippen LogP contribution in [0, 0.1) is 0 Å². The third kappa shape index (κ3) is 3.10. The fraction of sp³-hybridized carbons (Fsp3) is 0.103. The average Bonchev–Trinajstić information content (AvgIpc) is 3.23. The molecule has 0 aliphatic heterocycles. The van der Waals surface area contributed by atoms with Gasteiger partial charge in [0.05, 0.1) is 0 Å². The Morgan fingerprint density at radius 2 is 1.16 bits per heavy atom. The van der Waals surface area contributed by atoms with Gasteiger partial charge in [0.15, 0.2) is 0 Å². The van der Waals surface area contributed by atoms with E-state index in [2.05, 4.69) is 125 Å². The molecule has 0 N–H and O–H groups in total. The number of furan rings is 1. The molecule has 1 nitrogen and oxygen atoms in total. The number of benzene rings is 4. The third-order valence-corrected chi connectivity index (χ3v) is 7.58. The minimum absolute atomic E-state index is 0.0141. The van der Waals surface area contributed by atoms with Gasteiger partial charge in [-0.05, 0) is 75.8 Å². The molecule has 4 aromatic carbocycles. The van der Waals surface area contributed by atoms with E-state index in [9.17, 15) is 0 Å². The van der Waals surface area contributed by atoms with E-state index in [1.165, 1.54) is 27.8 Å². The lowest BCUT2D eigenvalue weighted by Gasteiger charge is -2.21. The lowest BCUT2D eigenvalue weighted by Crippen LogP contribution is -2.15. The number of hydrogen-bond donors (Lipinski definition) is 0. The quantitative estimate of drug-likeness (QED) is 0.202. The van der Waals surface area contributed by atoms with Gasteiger partial charge in [-0.2, -0.15) is 0 Å². The highest BCUT2D eigenvalue weighted by atomic mass is 79.9. The lowest BCUT2D eigenvalue weighted by atomic mass is 9.82. The first kappa shape index (κ1) is 20.0. The number of fused-ring (bicyclic) bond motifs is 6. The molecule has 0 bridgehead atoms. The summed E-state index contributed by atoms with van der Waals surface area (Å²) in [5.41, 5.74) is 9.57. The van der Waals surface area contributed by atoms with Gasteiger partial charge in [-0.25, -0.2) is 0 Å². The molecule has 3 heteroatoms. The molecule has 0 spiro atoms. The van der Waals surface area contributed by atoms with Crippen LogP contribution in [0.2, 0.25) is 0 Å². The van der Waals surface area contributed by atoms with E-state index in [1.807, 2.05) is 6.07 Å². The summed E-state index contributed by atoms with van der Waals surface area (Å²) in [7, 11) is 0. The van der Waals surface area contributed by atoms with Crippen molar-refractivity contribution in [1.82, 2.24) is 0 Å². The molecule has 0 amide bonds. The molecule has 0 saturated heterocycles. The van der Waals surface area contributed by atoms with Crippen LogP contribution in [0.1, 0.15) is 36.1 Å². The predicted molar refractivity (Wildman–Crippen MR) is 142 cm³/mol. The van der Waals surface area contributed by atoms with Crippen molar-refractivity contribution in [1.29, 1.82) is 0 Å². The molecule has 0 radical (unpaired) electrons. The highest BCUT2D eigenvalue weighted by Crippen LogP contribution is 2.49. The van der Waals surface area contributed by atoms with E-state index >= 15 is 0 Å². The van der Waals surface area contributed by atoms with Gasteiger partial charge < -0.3 is 4.42 Å². The van der Waals surface area contributed by atoms with Gasteiger partial charge in [0.2, 0.25) is 0 Å². The van der Waals surface area contributed by atoms with E-state index in [-0.39, 0.29) is 5.41 Å². The van der Waals surface area contributed by atoms with Gasteiger partial charge in [-0.3, -0.25) is 0 Å². The first-order valence-electron chi connectivity index (χ1n) is 10.6. The molecule has 1 aliphatic rings. The first-order valence-corrected chi connectivity index (χ1v) is 12.2. The molecule has 0 fully saturated rings. The smallest absolute Gasteiger partial charge is 0.136 e. The van der Waals surface area contributed by atoms with E-state index in [0.29, 0.717) is 0 Å². The Labute approximate surface area is 204 Å². The van der Waals surface area contributed by atoms with Gasteiger partial charge in [-0.15, -0.1) is 0 Å². The summed E-state index contributed by atoms with van der Waals surface area (Å²) in [6.07, 6.45) is 4.35. The van der Waals surface area contributed by atoms with Crippen LogP contribution in [0.25, 0.3) is 45.2 Å². The second-order valence-electron chi connectivity index (χ2n) is 8.95. The van der Waals surface area contributed by atoms with Crippen molar-refractivity contribution in [3.8, 4) is 11.1 Å². The minimum atomic E-state index is -0.0141. The summed E-state index contributed by atoms with van der Waals surface area (Å²) in [4.78, 5) is 0. The van der Waals surface area contributed by atoms with Crippen molar-refractivity contribution < 1.29 is 4.42 Å². The Bertz CT molecular complexity index is 1570. The first-order chi connectivity index (χ1) is 15.4. The maximum atomic E-state index is 6.09. The predicted octanol–water partition coefficient (Wildman–Crippen LogP) is 9.59. The Morgan fingerprint density at radius 1 is 0.625 bits per heavy atom. The molecule has 6 rings (SSSR count). The van der Waals surface area contributed by atoms with Crippen molar-refractivity contribution in [2.24, 2.45) is 0 Å². The summed E-state index contributed by atoms with van der Waals surface area (Å²) in [6, 6.07) is 26.0. The highest BCUT2D eigenvalue weighted by molar-refractivity contribution is 9.10. The monoisotopic (exact) mass is 542 g/mol. The molecule has 156 valence electrons. The largest absolute Gasteiger partial charge is 0.456 e. The van der Waals surface area contributed by atoms with Crippen molar-refractivity contribution >= 4 is 66.0 Å². The highest BCUT2D eigenvalue weighted by Gasteiger charge is 2.35. The van der Waals surface area contributed by atoms with E-state index in [4.69, 9.17) is 4.42 Å². The standard InChI is InChI=1S/C29H20Br2O/c1-29(2)25-13-17(5-9-21(25)22-11-7-19(30)15-26(22)29)3-4-18-6-10-23-24-12-8-20(31)16-28(24)32-27(23)14-18/h3-16H,1-2H3. The fourth-order valence-electron chi connectivity index (χ4n) is 4.89. The molecule has 1 heterocycles. The molecule has 0 saturated carbocycles. The molecule has 0 atom stereocenters. The van der Waals surface area contributed by atoms with Crippen LogP contribution in [0.5, 0.6) is 0 Å². The normalized spacial score (nSPS) is 14.4. The minimum Gasteiger partial charge on any atom is -0.456 e. The number of rotatable bonds is 2. The Morgan fingerprint density at radius 3 is 1.94 bits per heavy atom.